The summed E-state index contributed by atoms with van der Waals surface area (Å²) < 4.78 is 37.6. The maximum Gasteiger partial charge on any atom is 0.240 e. The fraction of sp³-hybridized carbons (Fsp3) is 0.286. The van der Waals surface area contributed by atoms with Gasteiger partial charge < -0.3 is 9.15 Å². The molecule has 0 saturated heterocycles. The van der Waals surface area contributed by atoms with Crippen LogP contribution in [0.5, 0.6) is 0 Å². The van der Waals surface area contributed by atoms with Gasteiger partial charge in [-0.25, -0.2) is 13.1 Å². The maximum atomic E-state index is 12.3. The lowest BCUT2D eigenvalue weighted by molar-refractivity contribution is 0.0878. The predicted octanol–water partition coefficient (Wildman–Crippen LogP) is 2.91. The summed E-state index contributed by atoms with van der Waals surface area (Å²) in [7, 11) is -2.17. The Bertz CT molecular complexity index is 698. The molecule has 0 aliphatic carbocycles. The molecule has 5 nitrogen and oxygen atoms in total. The number of methoxy groups -OCH3 is 1. The van der Waals surface area contributed by atoms with Crippen molar-refractivity contribution in [2.24, 2.45) is 0 Å². The first kappa shape index (κ1) is 16.0. The number of nitrogens with one attached hydrogen (secondary N) is 1. The molecule has 0 fully saturated rings. The van der Waals surface area contributed by atoms with E-state index in [1.807, 2.05) is 0 Å². The average Bonchev–Trinajstić information content (AvgIpc) is 2.96. The minimum Gasteiger partial charge on any atom is -0.467 e. The molecule has 1 N–H and O–H groups in total. The number of ether oxygens (including phenoxy) is 1. The quantitative estimate of drug-likeness (QED) is 0.884. The normalized spacial score (nSPS) is 13.3. The highest BCUT2D eigenvalue weighted by Crippen LogP contribution is 2.23. The number of halogens is 1. The molecule has 0 aliphatic rings. The Hall–Kier alpha value is -1.34. The molecule has 1 heterocycles. The maximum absolute atomic E-state index is 12.3. The van der Waals surface area contributed by atoms with Gasteiger partial charge in [-0.1, -0.05) is 17.7 Å². The number of hydrogen-bond acceptors (Lipinski definition) is 4. The molecule has 0 radical (unpaired) electrons. The Kier molecular flexibility index (Phi) is 5.05. The second-order valence-electron chi connectivity index (χ2n) is 4.45. The second kappa shape index (κ2) is 6.62. The zero-order valence-electron chi connectivity index (χ0n) is 11.7. The minimum absolute atomic E-state index is 0.0678. The largest absolute Gasteiger partial charge is 0.467 e. The van der Waals surface area contributed by atoms with Gasteiger partial charge in [-0.2, -0.15) is 0 Å². The van der Waals surface area contributed by atoms with Gasteiger partial charge in [0.2, 0.25) is 10.0 Å². The Morgan fingerprint density at radius 3 is 2.71 bits per heavy atom. The summed E-state index contributed by atoms with van der Waals surface area (Å²) in [6.07, 6.45) is 1.02. The number of sulfonamides is 1. The highest BCUT2D eigenvalue weighted by atomic mass is 35.5. The molecule has 2 rings (SSSR count). The van der Waals surface area contributed by atoms with Crippen molar-refractivity contribution in [2.75, 3.05) is 13.7 Å². The monoisotopic (exact) mass is 329 g/mol. The van der Waals surface area contributed by atoms with Crippen LogP contribution in [0.2, 0.25) is 5.02 Å². The Morgan fingerprint density at radius 2 is 2.10 bits per heavy atom. The van der Waals surface area contributed by atoms with Gasteiger partial charge in [0.1, 0.15) is 11.9 Å². The molecule has 1 aromatic heterocycles. The molecule has 2 aromatic rings. The summed E-state index contributed by atoms with van der Waals surface area (Å²) in [6.45, 7) is 1.73. The summed E-state index contributed by atoms with van der Waals surface area (Å²) in [4.78, 5) is 0.157. The molecule has 1 atom stereocenters. The van der Waals surface area contributed by atoms with E-state index in [-0.39, 0.29) is 11.4 Å². The van der Waals surface area contributed by atoms with E-state index in [1.54, 1.807) is 31.2 Å². The molecular weight excluding hydrogens is 314 g/mol. The molecule has 7 heteroatoms. The zero-order chi connectivity index (χ0) is 15.5. The average molecular weight is 330 g/mol. The van der Waals surface area contributed by atoms with Crippen molar-refractivity contribution in [3.8, 4) is 0 Å². The Balaban J connectivity index is 2.16. The third-order valence-corrected chi connectivity index (χ3v) is 5.09. The fourth-order valence-corrected chi connectivity index (χ4v) is 3.44. The standard InChI is InChI=1S/C14H16ClNO4S/c1-10-11(15)5-3-7-14(10)21(17,18)16-9-13(19-2)12-6-4-8-20-12/h3-8,13,16H,9H2,1-2H3. The molecule has 0 amide bonds. The van der Waals surface area contributed by atoms with Crippen molar-refractivity contribution >= 4 is 21.6 Å². The first-order chi connectivity index (χ1) is 9.95. The summed E-state index contributed by atoms with van der Waals surface area (Å²) >= 11 is 5.96. The van der Waals surface area contributed by atoms with Gasteiger partial charge in [0, 0.05) is 18.7 Å². The van der Waals surface area contributed by atoms with Crippen LogP contribution in [-0.4, -0.2) is 22.1 Å². The zero-order valence-corrected chi connectivity index (χ0v) is 13.2. The van der Waals surface area contributed by atoms with E-state index in [1.165, 1.54) is 19.4 Å². The molecule has 0 bridgehead atoms. The Labute approximate surface area is 128 Å². The number of rotatable bonds is 6. The van der Waals surface area contributed by atoms with Crippen LogP contribution in [-0.2, 0) is 14.8 Å². The van der Waals surface area contributed by atoms with E-state index in [0.29, 0.717) is 16.3 Å². The van der Waals surface area contributed by atoms with Gasteiger partial charge in [-0.05, 0) is 36.8 Å². The van der Waals surface area contributed by atoms with Crippen molar-refractivity contribution in [3.05, 3.63) is 52.9 Å². The molecule has 21 heavy (non-hydrogen) atoms. The summed E-state index contributed by atoms with van der Waals surface area (Å²) in [5.74, 6) is 0.558. The van der Waals surface area contributed by atoms with Gasteiger partial charge >= 0.3 is 0 Å². The number of hydrogen-bond donors (Lipinski definition) is 1. The third kappa shape index (κ3) is 3.65. The van der Waals surface area contributed by atoms with E-state index in [4.69, 9.17) is 20.8 Å². The van der Waals surface area contributed by atoms with E-state index >= 15 is 0 Å². The lowest BCUT2D eigenvalue weighted by Crippen LogP contribution is -2.29. The molecule has 1 unspecified atom stereocenters. The SMILES string of the molecule is COC(CNS(=O)(=O)c1cccc(Cl)c1C)c1ccco1. The highest BCUT2D eigenvalue weighted by Gasteiger charge is 2.21. The van der Waals surface area contributed by atoms with Crippen LogP contribution in [0.4, 0.5) is 0 Å². The van der Waals surface area contributed by atoms with Gasteiger partial charge in [-0.3, -0.25) is 0 Å². The fourth-order valence-electron chi connectivity index (χ4n) is 1.92. The molecule has 0 aliphatic heterocycles. The van der Waals surface area contributed by atoms with Crippen LogP contribution >= 0.6 is 11.6 Å². The van der Waals surface area contributed by atoms with Gasteiger partial charge in [0.05, 0.1) is 11.2 Å². The van der Waals surface area contributed by atoms with Crippen molar-refractivity contribution < 1.29 is 17.6 Å². The number of benzene rings is 1. The first-order valence-corrected chi connectivity index (χ1v) is 8.13. The van der Waals surface area contributed by atoms with E-state index in [9.17, 15) is 8.42 Å². The highest BCUT2D eigenvalue weighted by molar-refractivity contribution is 7.89. The third-order valence-electron chi connectivity index (χ3n) is 3.11. The molecule has 1 aromatic carbocycles. The van der Waals surface area contributed by atoms with Crippen LogP contribution in [0.1, 0.15) is 17.4 Å². The summed E-state index contributed by atoms with van der Waals surface area (Å²) in [5.41, 5.74) is 0.513. The summed E-state index contributed by atoms with van der Waals surface area (Å²) in [6, 6.07) is 8.21. The van der Waals surface area contributed by atoms with Crippen molar-refractivity contribution in [1.82, 2.24) is 4.72 Å². The van der Waals surface area contributed by atoms with Crippen LogP contribution < -0.4 is 4.72 Å². The molecule has 114 valence electrons. The molecule has 0 saturated carbocycles. The number of furan rings is 1. The topological polar surface area (TPSA) is 68.5 Å². The van der Waals surface area contributed by atoms with Crippen molar-refractivity contribution in [2.45, 2.75) is 17.9 Å². The van der Waals surface area contributed by atoms with E-state index in [0.717, 1.165) is 0 Å². The summed E-state index contributed by atoms with van der Waals surface area (Å²) in [5, 5.41) is 0.409. The van der Waals surface area contributed by atoms with Gasteiger partial charge in [-0.15, -0.1) is 0 Å². The van der Waals surface area contributed by atoms with Gasteiger partial charge in [0.25, 0.3) is 0 Å². The van der Waals surface area contributed by atoms with Crippen molar-refractivity contribution in [1.29, 1.82) is 0 Å². The predicted molar refractivity (Wildman–Crippen MR) is 79.8 cm³/mol. The second-order valence-corrected chi connectivity index (χ2v) is 6.60. The smallest absolute Gasteiger partial charge is 0.240 e. The van der Waals surface area contributed by atoms with Crippen LogP contribution in [0.25, 0.3) is 0 Å². The molecule has 0 spiro atoms. The molecular formula is C14H16ClNO4S. The van der Waals surface area contributed by atoms with Crippen molar-refractivity contribution in [3.63, 3.8) is 0 Å². The van der Waals surface area contributed by atoms with Crippen LogP contribution in [0.15, 0.2) is 45.9 Å². The van der Waals surface area contributed by atoms with Gasteiger partial charge in [0.15, 0.2) is 0 Å². The minimum atomic E-state index is -3.67. The first-order valence-electron chi connectivity index (χ1n) is 6.26. The van der Waals surface area contributed by atoms with E-state index in [2.05, 4.69) is 4.72 Å². The lowest BCUT2D eigenvalue weighted by atomic mass is 10.2. The van der Waals surface area contributed by atoms with Crippen LogP contribution in [0, 0.1) is 6.92 Å². The van der Waals surface area contributed by atoms with Crippen LogP contribution in [0.3, 0.4) is 0 Å². The lowest BCUT2D eigenvalue weighted by Gasteiger charge is -2.15. The Morgan fingerprint density at radius 1 is 1.33 bits per heavy atom. The van der Waals surface area contributed by atoms with E-state index < -0.39 is 16.1 Å².